The fourth-order valence-corrected chi connectivity index (χ4v) is 6.69. The quantitative estimate of drug-likeness (QED) is 0.144. The Hall–Kier alpha value is -5.00. The van der Waals surface area contributed by atoms with Crippen LogP contribution in [0.4, 0.5) is 10.1 Å². The van der Waals surface area contributed by atoms with Crippen molar-refractivity contribution in [1.29, 1.82) is 0 Å². The number of hydrogen-bond acceptors (Lipinski definition) is 6. The van der Waals surface area contributed by atoms with Crippen molar-refractivity contribution >= 4 is 38.5 Å². The second kappa shape index (κ2) is 12.4. The van der Waals surface area contributed by atoms with Gasteiger partial charge in [-0.25, -0.2) is 12.8 Å². The van der Waals surface area contributed by atoms with Crippen LogP contribution in [0, 0.1) is 5.82 Å². The third kappa shape index (κ3) is 6.24. The second-order valence-corrected chi connectivity index (χ2v) is 13.1. The van der Waals surface area contributed by atoms with Crippen molar-refractivity contribution in [3.05, 3.63) is 114 Å². The summed E-state index contributed by atoms with van der Waals surface area (Å²) in [6.45, 7) is -0.302. The highest BCUT2D eigenvalue weighted by molar-refractivity contribution is 7.92. The number of fused-ring (bicyclic) bond motifs is 1. The van der Waals surface area contributed by atoms with E-state index < -0.39 is 27.3 Å². The average molecular weight is 642 g/mol. The van der Waals surface area contributed by atoms with Crippen LogP contribution in [-0.4, -0.2) is 44.7 Å². The third-order valence-electron chi connectivity index (χ3n) is 8.09. The van der Waals surface area contributed by atoms with Crippen molar-refractivity contribution in [1.82, 2.24) is 10.6 Å². The van der Waals surface area contributed by atoms with Crippen LogP contribution in [0.2, 0.25) is 0 Å². The molecule has 1 saturated carbocycles. The number of amides is 2. The van der Waals surface area contributed by atoms with Crippen molar-refractivity contribution in [2.45, 2.75) is 24.8 Å². The highest BCUT2D eigenvalue weighted by Gasteiger charge is 2.45. The summed E-state index contributed by atoms with van der Waals surface area (Å²) in [6, 6.07) is 25.2. The van der Waals surface area contributed by atoms with Gasteiger partial charge in [-0.15, -0.1) is 0 Å². The smallest absolute Gasteiger partial charge is 0.255 e. The van der Waals surface area contributed by atoms with Gasteiger partial charge in [0.15, 0.2) is 0 Å². The minimum Gasteiger partial charge on any atom is -0.455 e. The molecule has 0 saturated heterocycles. The molecule has 1 heterocycles. The van der Waals surface area contributed by atoms with E-state index in [1.807, 2.05) is 30.3 Å². The minimum atomic E-state index is -3.90. The molecule has 4 aromatic carbocycles. The zero-order valence-corrected chi connectivity index (χ0v) is 25.8. The average Bonchev–Trinajstić information content (AvgIpc) is 3.75. The summed E-state index contributed by atoms with van der Waals surface area (Å²) >= 11 is 0. The number of anilines is 1. The first-order valence-corrected chi connectivity index (χ1v) is 16.5. The van der Waals surface area contributed by atoms with Gasteiger partial charge >= 0.3 is 0 Å². The number of rotatable bonds is 11. The molecule has 236 valence electrons. The summed E-state index contributed by atoms with van der Waals surface area (Å²) < 4.78 is 48.5. The van der Waals surface area contributed by atoms with Crippen LogP contribution in [0.5, 0.6) is 0 Å². The Labute approximate surface area is 265 Å². The predicted octanol–water partition coefficient (Wildman–Crippen LogP) is 5.81. The summed E-state index contributed by atoms with van der Waals surface area (Å²) in [5, 5.41) is 15.4. The van der Waals surface area contributed by atoms with Crippen molar-refractivity contribution in [3.8, 4) is 22.5 Å². The van der Waals surface area contributed by atoms with Gasteiger partial charge in [0, 0.05) is 41.8 Å². The molecule has 1 aromatic heterocycles. The highest BCUT2D eigenvalue weighted by Crippen LogP contribution is 2.46. The first-order valence-electron chi connectivity index (χ1n) is 14.8. The number of furan rings is 1. The van der Waals surface area contributed by atoms with Crippen molar-refractivity contribution in [3.63, 3.8) is 0 Å². The molecule has 1 aliphatic carbocycles. The molecule has 0 radical (unpaired) electrons. The van der Waals surface area contributed by atoms with Crippen LogP contribution in [0.3, 0.4) is 0 Å². The molecule has 0 atom stereocenters. The lowest BCUT2D eigenvalue weighted by atomic mass is 9.97. The Kier molecular flexibility index (Phi) is 8.37. The van der Waals surface area contributed by atoms with Gasteiger partial charge in [-0.3, -0.25) is 14.3 Å². The maximum absolute atomic E-state index is 13.7. The Morgan fingerprint density at radius 1 is 0.913 bits per heavy atom. The van der Waals surface area contributed by atoms with Crippen LogP contribution in [-0.2, 0) is 15.6 Å². The Morgan fingerprint density at radius 2 is 1.65 bits per heavy atom. The SMILES string of the molecule is CNC(=O)c1c(-c2ccc(F)cc2)oc2cc(NS(=O)(=O)CCCO)c(-c3cccc(C(=O)NC4(c5ccccc5)CC4)c3)cc12. The fourth-order valence-electron chi connectivity index (χ4n) is 5.58. The summed E-state index contributed by atoms with van der Waals surface area (Å²) in [4.78, 5) is 26.7. The molecule has 0 spiro atoms. The van der Waals surface area contributed by atoms with Gasteiger partial charge < -0.3 is 20.2 Å². The molecule has 1 fully saturated rings. The van der Waals surface area contributed by atoms with E-state index in [-0.39, 0.29) is 47.3 Å². The number of carbonyl (C=O) groups is 2. The van der Waals surface area contributed by atoms with E-state index >= 15 is 0 Å². The number of aliphatic hydroxyl groups excluding tert-OH is 1. The van der Waals surface area contributed by atoms with Crippen LogP contribution < -0.4 is 15.4 Å². The monoisotopic (exact) mass is 641 g/mol. The molecule has 46 heavy (non-hydrogen) atoms. The van der Waals surface area contributed by atoms with Crippen LogP contribution in [0.15, 0.2) is 95.4 Å². The zero-order chi connectivity index (χ0) is 32.5. The Bertz CT molecular complexity index is 2040. The van der Waals surface area contributed by atoms with Gasteiger partial charge in [0.1, 0.15) is 17.2 Å². The van der Waals surface area contributed by atoms with Gasteiger partial charge in [-0.2, -0.15) is 0 Å². The predicted molar refractivity (Wildman–Crippen MR) is 174 cm³/mol. The highest BCUT2D eigenvalue weighted by atomic mass is 32.2. The standard InChI is InChI=1S/C35H32FN3O6S/c1-37-34(42)31-28-20-27(23-7-5-8-24(19-23)33(41)38-35(15-16-35)25-9-3-2-4-10-25)29(39-46(43,44)18-6-17-40)21-30(28)45-32(31)22-11-13-26(36)14-12-22/h2-5,7-14,19-21,39-40H,6,15-18H2,1H3,(H,37,42)(H,38,41). The third-order valence-corrected chi connectivity index (χ3v) is 9.45. The topological polar surface area (TPSA) is 138 Å². The van der Waals surface area contributed by atoms with E-state index in [1.54, 1.807) is 30.3 Å². The molecule has 1 aliphatic rings. The summed E-state index contributed by atoms with van der Waals surface area (Å²) in [5.74, 6) is -1.33. The maximum Gasteiger partial charge on any atom is 0.255 e. The molecular weight excluding hydrogens is 609 g/mol. The van der Waals surface area contributed by atoms with Gasteiger partial charge in [-0.1, -0.05) is 42.5 Å². The van der Waals surface area contributed by atoms with Gasteiger partial charge in [0.2, 0.25) is 10.0 Å². The number of aliphatic hydroxyl groups is 1. The van der Waals surface area contributed by atoms with Crippen LogP contribution in [0.1, 0.15) is 45.5 Å². The normalized spacial score (nSPS) is 13.7. The van der Waals surface area contributed by atoms with Crippen molar-refractivity contribution in [2.24, 2.45) is 0 Å². The molecule has 5 aromatic rings. The molecule has 11 heteroatoms. The molecule has 4 N–H and O–H groups in total. The molecular formula is C35H32FN3O6S. The number of carbonyl (C=O) groups excluding carboxylic acids is 2. The van der Waals surface area contributed by atoms with E-state index in [4.69, 9.17) is 4.42 Å². The lowest BCUT2D eigenvalue weighted by Crippen LogP contribution is -2.34. The minimum absolute atomic E-state index is 0.0298. The molecule has 6 rings (SSSR count). The van der Waals surface area contributed by atoms with Crippen molar-refractivity contribution in [2.75, 3.05) is 24.1 Å². The van der Waals surface area contributed by atoms with E-state index in [9.17, 15) is 27.5 Å². The molecule has 0 aliphatic heterocycles. The van der Waals surface area contributed by atoms with E-state index in [0.29, 0.717) is 27.6 Å². The number of halogens is 1. The number of hydrogen-bond donors (Lipinski definition) is 4. The molecule has 2 amide bonds. The second-order valence-electron chi connectivity index (χ2n) is 11.3. The van der Waals surface area contributed by atoms with Crippen LogP contribution >= 0.6 is 0 Å². The number of benzene rings is 4. The lowest BCUT2D eigenvalue weighted by Gasteiger charge is -2.18. The molecule has 0 bridgehead atoms. The number of nitrogens with one attached hydrogen (secondary N) is 3. The first-order chi connectivity index (χ1) is 22.1. The van der Waals surface area contributed by atoms with Crippen LogP contribution in [0.25, 0.3) is 33.4 Å². The van der Waals surface area contributed by atoms with Gasteiger partial charge in [0.25, 0.3) is 11.8 Å². The van der Waals surface area contributed by atoms with Crippen molar-refractivity contribution < 1.29 is 31.9 Å². The maximum atomic E-state index is 13.7. The zero-order valence-electron chi connectivity index (χ0n) is 25.0. The van der Waals surface area contributed by atoms with E-state index in [0.717, 1.165) is 18.4 Å². The number of sulfonamides is 1. The fraction of sp³-hybridized carbons (Fsp3) is 0.200. The first kappa shape index (κ1) is 31.0. The lowest BCUT2D eigenvalue weighted by molar-refractivity contribution is 0.0929. The largest absolute Gasteiger partial charge is 0.455 e. The summed E-state index contributed by atoms with van der Waals surface area (Å²) in [6.07, 6.45) is 1.66. The van der Waals surface area contributed by atoms with Gasteiger partial charge in [-0.05, 0) is 72.9 Å². The summed E-state index contributed by atoms with van der Waals surface area (Å²) in [7, 11) is -2.43. The van der Waals surface area contributed by atoms with Gasteiger partial charge in [0.05, 0.1) is 22.5 Å². The van der Waals surface area contributed by atoms with E-state index in [1.165, 1.54) is 37.4 Å². The van der Waals surface area contributed by atoms with E-state index in [2.05, 4.69) is 15.4 Å². The Morgan fingerprint density at radius 3 is 2.33 bits per heavy atom. The summed E-state index contributed by atoms with van der Waals surface area (Å²) in [5.41, 5.74) is 2.91. The molecule has 9 nitrogen and oxygen atoms in total. The molecule has 0 unspecified atom stereocenters. The Balaban J connectivity index is 1.47.